The van der Waals surface area contributed by atoms with Gasteiger partial charge in [-0.25, -0.2) is 0 Å². The molecular weight excluding hydrogens is 1370 g/mol. The van der Waals surface area contributed by atoms with Crippen LogP contribution in [-0.2, 0) is 44.8 Å². The average Bonchev–Trinajstić information content (AvgIpc) is 1.58. The molecule has 0 spiro atoms. The molecule has 6 aromatic rings. The van der Waals surface area contributed by atoms with Gasteiger partial charge in [0, 0.05) is 114 Å². The molecule has 5 aliphatic rings. The van der Waals surface area contributed by atoms with Gasteiger partial charge in [0.15, 0.2) is 6.29 Å². The predicted octanol–water partition coefficient (Wildman–Crippen LogP) is 17.3. The highest BCUT2D eigenvalue weighted by atomic mass is 35.5. The van der Waals surface area contributed by atoms with Crippen LogP contribution in [-0.4, -0.2) is 153 Å². The lowest BCUT2D eigenvalue weighted by Crippen LogP contribution is -2.31. The van der Waals surface area contributed by atoms with Gasteiger partial charge in [-0.2, -0.15) is 0 Å². The first kappa shape index (κ1) is 74.9. The molecule has 6 aromatic heterocycles. The van der Waals surface area contributed by atoms with E-state index in [2.05, 4.69) is 140 Å². The van der Waals surface area contributed by atoms with Gasteiger partial charge in [-0.1, -0.05) is 67.2 Å². The Hall–Kier alpha value is -3.89. The highest BCUT2D eigenvalue weighted by Gasteiger charge is 2.43. The smallest absolute Gasteiger partial charge is 0.293 e. The molecule has 506 valence electrons. The molecule has 0 aromatic carbocycles. The summed E-state index contributed by atoms with van der Waals surface area (Å²) in [6, 6.07) is 13.2. The SMILES string of the molecule is CN(C)c1cc2c(s1)-c1sc(/C=C3\SC(=O)N(CCOCCOCCCCCCCl)C3=O)cc1C2(C)C.CN(C)c1cc2c(s1)-c1sc(/C=C3\SC(=O)NC3=O)cc1C2(C)C.CN(C)c1cc2c(s1)-c1sc(C=O)cc1C2(C)C.NCCOCCOCCCCCCCl. The Labute approximate surface area is 591 Å². The van der Waals surface area contributed by atoms with Gasteiger partial charge in [-0.15, -0.1) is 91.2 Å². The summed E-state index contributed by atoms with van der Waals surface area (Å²) in [4.78, 5) is 78.8. The van der Waals surface area contributed by atoms with Crippen LogP contribution in [0.5, 0.6) is 0 Å². The predicted molar refractivity (Wildman–Crippen MR) is 400 cm³/mol. The van der Waals surface area contributed by atoms with Crippen molar-refractivity contribution in [3.05, 3.63) is 94.2 Å². The zero-order valence-corrected chi connectivity index (χ0v) is 63.4. The molecular formula is C68H88Cl2N6O9S8. The van der Waals surface area contributed by atoms with E-state index in [4.69, 9.17) is 47.9 Å². The van der Waals surface area contributed by atoms with Crippen molar-refractivity contribution in [1.82, 2.24) is 10.2 Å². The molecule has 3 N–H and O–H groups in total. The standard InChI is InChI=1S/C27H35ClN2O4S3.C17H16N2O2S3.C14H15NOS2.C10H22ClNO2/c1-27(2)19-15-18(35-23(19)24-20(27)17-22(37-24)29(3)4)16-21-25(31)30(26(32)36-21)10-12-34-14-13-33-11-8-6-5-7-9-28;1-17(2)9-5-8(6-11-15(20)18-16(21)23-11)22-13(9)14-10(17)7-12(24-14)19(3)4;1-14(2)9-5-8(7-16)17-12(9)13-10(14)6-11(18-13)15(3)4;11-5-3-1-2-4-7-13-9-10-14-8-6-12/h15-17H,5-14H2,1-4H3;5-7H,1-4H3,(H,18,20,21);5-7H,1-4H3;1-10,12H2/b21-16-;11-6-;;. The first-order valence-corrected chi connectivity index (χ1v) is 38.9. The highest BCUT2D eigenvalue weighted by Crippen LogP contribution is 2.60. The molecule has 0 bridgehead atoms. The summed E-state index contributed by atoms with van der Waals surface area (Å²) in [6.07, 6.45) is 13.6. The lowest BCUT2D eigenvalue weighted by Gasteiger charge is -2.19. The van der Waals surface area contributed by atoms with E-state index in [0.717, 1.165) is 101 Å². The summed E-state index contributed by atoms with van der Waals surface area (Å²) < 4.78 is 21.7. The number of thiophene rings is 6. The topological polar surface area (TPSA) is 173 Å². The maximum absolute atomic E-state index is 12.9. The van der Waals surface area contributed by atoms with E-state index in [1.165, 1.54) is 95.4 Å². The highest BCUT2D eigenvalue weighted by molar-refractivity contribution is 8.18. The van der Waals surface area contributed by atoms with Gasteiger partial charge in [-0.3, -0.25) is 34.2 Å². The minimum absolute atomic E-state index is 0.0210. The number of hydrogen-bond donors (Lipinski definition) is 2. The third-order valence-corrected chi connectivity index (χ3v) is 26.3. The Morgan fingerprint density at radius 2 is 0.839 bits per heavy atom. The van der Waals surface area contributed by atoms with E-state index in [-0.39, 0.29) is 45.1 Å². The van der Waals surface area contributed by atoms with Crippen molar-refractivity contribution in [2.45, 2.75) is 109 Å². The van der Waals surface area contributed by atoms with Crippen LogP contribution in [0.25, 0.3) is 41.4 Å². The van der Waals surface area contributed by atoms with Gasteiger partial charge in [0.05, 0.1) is 90.5 Å². The quantitative estimate of drug-likeness (QED) is 0.0196. The number of ether oxygens (including phenoxy) is 4. The third-order valence-electron chi connectivity index (χ3n) is 16.4. The number of aldehydes is 1. The maximum Gasteiger partial charge on any atom is 0.293 e. The van der Waals surface area contributed by atoms with Crippen LogP contribution >= 0.6 is 115 Å². The molecule has 2 fully saturated rings. The molecule has 8 heterocycles. The number of rotatable bonds is 29. The van der Waals surface area contributed by atoms with Crippen LogP contribution in [0.2, 0.25) is 0 Å². The van der Waals surface area contributed by atoms with Gasteiger partial charge in [0.1, 0.15) is 0 Å². The zero-order chi connectivity index (χ0) is 67.4. The molecule has 2 saturated heterocycles. The largest absolute Gasteiger partial charge is 0.379 e. The number of anilines is 3. The number of fused-ring (bicyclic) bond motifs is 9. The average molecular weight is 1460 g/mol. The van der Waals surface area contributed by atoms with Crippen molar-refractivity contribution in [3.63, 3.8) is 0 Å². The van der Waals surface area contributed by atoms with Gasteiger partial charge < -0.3 is 39.4 Å². The number of amides is 4. The van der Waals surface area contributed by atoms with Crippen molar-refractivity contribution in [2.75, 3.05) is 135 Å². The molecule has 2 aliphatic heterocycles. The monoisotopic (exact) mass is 1460 g/mol. The van der Waals surface area contributed by atoms with E-state index in [1.807, 2.05) is 46.2 Å². The zero-order valence-electron chi connectivity index (χ0n) is 55.4. The second-order valence-corrected chi connectivity index (χ2v) is 34.1. The van der Waals surface area contributed by atoms with Crippen molar-refractivity contribution < 1.29 is 42.9 Å². The molecule has 0 radical (unpaired) electrons. The van der Waals surface area contributed by atoms with Crippen molar-refractivity contribution >= 4 is 170 Å². The van der Waals surface area contributed by atoms with Crippen LogP contribution < -0.4 is 25.8 Å². The van der Waals surface area contributed by atoms with Gasteiger partial charge in [0.2, 0.25) is 0 Å². The number of alkyl halides is 2. The molecule has 0 unspecified atom stereocenters. The van der Waals surface area contributed by atoms with Crippen LogP contribution in [0.4, 0.5) is 24.6 Å². The number of nitrogens with zero attached hydrogens (tertiary/aromatic N) is 4. The van der Waals surface area contributed by atoms with Gasteiger partial charge in [-0.05, 0) is 131 Å². The summed E-state index contributed by atoms with van der Waals surface area (Å²) in [5.41, 5.74) is 13.2. The van der Waals surface area contributed by atoms with Gasteiger partial charge in [0.25, 0.3) is 22.3 Å². The van der Waals surface area contributed by atoms with E-state index >= 15 is 0 Å². The van der Waals surface area contributed by atoms with E-state index in [9.17, 15) is 24.0 Å². The van der Waals surface area contributed by atoms with E-state index in [1.54, 1.807) is 34.0 Å². The van der Waals surface area contributed by atoms with E-state index in [0.29, 0.717) is 62.6 Å². The summed E-state index contributed by atoms with van der Waals surface area (Å²) in [5.74, 6) is 0.943. The number of unbranched alkanes of at least 4 members (excludes halogenated alkanes) is 6. The van der Waals surface area contributed by atoms with Crippen molar-refractivity contribution in [3.8, 4) is 29.3 Å². The lowest BCUT2D eigenvalue weighted by atomic mass is 9.84. The molecule has 15 nitrogen and oxygen atoms in total. The third kappa shape index (κ3) is 18.1. The molecule has 93 heavy (non-hydrogen) atoms. The number of thioether (sulfide) groups is 2. The fourth-order valence-corrected chi connectivity index (χ4v) is 20.9. The minimum Gasteiger partial charge on any atom is -0.379 e. The van der Waals surface area contributed by atoms with Crippen LogP contribution in [0.1, 0.15) is 146 Å². The number of carbonyl (C=O) groups is 5. The molecule has 3 aliphatic carbocycles. The molecule has 11 rings (SSSR count). The van der Waals surface area contributed by atoms with Crippen LogP contribution in [0.15, 0.2) is 46.2 Å². The number of imide groups is 2. The Bertz CT molecular complexity index is 3630. The number of nitrogens with one attached hydrogen (secondary N) is 1. The van der Waals surface area contributed by atoms with Crippen molar-refractivity contribution in [2.24, 2.45) is 5.73 Å². The van der Waals surface area contributed by atoms with Crippen LogP contribution in [0, 0.1) is 0 Å². The lowest BCUT2D eigenvalue weighted by molar-refractivity contribution is -0.123. The first-order chi connectivity index (χ1) is 44.4. The normalized spacial score (nSPS) is 16.5. The van der Waals surface area contributed by atoms with E-state index < -0.39 is 0 Å². The molecule has 0 saturated carbocycles. The van der Waals surface area contributed by atoms with Crippen LogP contribution in [0.3, 0.4) is 0 Å². The Kier molecular flexibility index (Phi) is 27.4. The molecule has 25 heteroatoms. The minimum atomic E-state index is -0.301. The molecule has 0 atom stereocenters. The summed E-state index contributed by atoms with van der Waals surface area (Å²) in [6.45, 7) is 19.1. The first-order valence-electron chi connectivity index (χ1n) is 31.3. The Balaban J connectivity index is 0.000000171. The fourth-order valence-electron chi connectivity index (χ4n) is 11.0. The number of nitrogens with two attached hydrogens (primary N) is 1. The Morgan fingerprint density at radius 1 is 0.473 bits per heavy atom. The second-order valence-electron chi connectivity index (χ2n) is 25.0. The van der Waals surface area contributed by atoms with Crippen molar-refractivity contribution in [1.29, 1.82) is 0 Å². The Morgan fingerprint density at radius 3 is 1.23 bits per heavy atom. The van der Waals surface area contributed by atoms with Gasteiger partial charge >= 0.3 is 0 Å². The summed E-state index contributed by atoms with van der Waals surface area (Å²) >= 11 is 23.6. The summed E-state index contributed by atoms with van der Waals surface area (Å²) in [5, 5.41) is 5.53. The summed E-state index contributed by atoms with van der Waals surface area (Å²) in [7, 11) is 12.4. The fraction of sp³-hybridized carbons (Fsp3) is 0.515. The second kappa shape index (κ2) is 34.1. The number of hydrogen-bond acceptors (Lipinski definition) is 21. The maximum atomic E-state index is 12.9. The number of carbonyl (C=O) groups excluding carboxylic acids is 5. The number of halogens is 2. The molecule has 4 amide bonds.